The normalized spacial score (nSPS) is 22.1. The molecule has 0 spiro atoms. The number of fused-ring (bicyclic) bond motifs is 2. The summed E-state index contributed by atoms with van der Waals surface area (Å²) < 4.78 is 15.2. The first-order valence-electron chi connectivity index (χ1n) is 10.0. The molecule has 30 heavy (non-hydrogen) atoms. The molecule has 2 aromatic rings. The van der Waals surface area contributed by atoms with Crippen LogP contribution in [0, 0.1) is 5.92 Å². The van der Waals surface area contributed by atoms with Crippen molar-refractivity contribution in [2.45, 2.75) is 58.2 Å². The summed E-state index contributed by atoms with van der Waals surface area (Å²) >= 11 is 0. The van der Waals surface area contributed by atoms with Crippen LogP contribution in [0.5, 0.6) is 0 Å². The van der Waals surface area contributed by atoms with Crippen LogP contribution in [-0.4, -0.2) is 49.3 Å². The van der Waals surface area contributed by atoms with Crippen molar-refractivity contribution in [3.8, 4) is 0 Å². The zero-order chi connectivity index (χ0) is 21.6. The first-order chi connectivity index (χ1) is 14.3. The van der Waals surface area contributed by atoms with E-state index in [1.54, 1.807) is 24.8 Å². The Labute approximate surface area is 172 Å². The number of allylic oxidation sites excluding steroid dienone is 2. The molecule has 0 bridgehead atoms. The number of aromatic nitrogens is 3. The third-order valence-corrected chi connectivity index (χ3v) is 5.97. The minimum absolute atomic E-state index is 0.0512. The minimum Gasteiger partial charge on any atom is -0.364 e. The molecule has 1 aliphatic carbocycles. The zero-order valence-corrected chi connectivity index (χ0v) is 17.0. The first kappa shape index (κ1) is 20.2. The van der Waals surface area contributed by atoms with Gasteiger partial charge in [0.15, 0.2) is 11.5 Å². The number of piperidine rings is 1. The van der Waals surface area contributed by atoms with Crippen molar-refractivity contribution >= 4 is 28.5 Å². The molecule has 158 valence electrons. The molecule has 3 heterocycles. The first-order valence-corrected chi connectivity index (χ1v) is 10.0. The monoisotopic (exact) mass is 413 g/mol. The van der Waals surface area contributed by atoms with Crippen molar-refractivity contribution in [3.63, 3.8) is 0 Å². The van der Waals surface area contributed by atoms with E-state index in [1.165, 1.54) is 17.1 Å². The Hall–Kier alpha value is -3.10. The molecular weight excluding hydrogens is 389 g/mol. The molecule has 2 aliphatic rings. The van der Waals surface area contributed by atoms with Gasteiger partial charge in [-0.1, -0.05) is 0 Å². The van der Waals surface area contributed by atoms with Crippen molar-refractivity contribution in [3.05, 3.63) is 35.6 Å². The maximum Gasteiger partial charge on any atom is 0.269 e. The smallest absolute Gasteiger partial charge is 0.269 e. The Morgan fingerprint density at radius 1 is 1.23 bits per heavy atom. The number of Topliss-reactive ketones (excluding diaryl/α,β-unsaturated/α-hetero) is 1. The van der Waals surface area contributed by atoms with Gasteiger partial charge in [-0.15, -0.1) is 0 Å². The van der Waals surface area contributed by atoms with Crippen LogP contribution in [0.2, 0.25) is 0 Å². The lowest BCUT2D eigenvalue weighted by molar-refractivity contribution is -0.139. The summed E-state index contributed by atoms with van der Waals surface area (Å²) in [5.41, 5.74) is 6.58. The zero-order valence-electron chi connectivity index (χ0n) is 17.0. The molecule has 9 heteroatoms. The van der Waals surface area contributed by atoms with Gasteiger partial charge in [0, 0.05) is 30.5 Å². The Balaban J connectivity index is 1.53. The standard InChI is InChI=1S/C21H24FN5O3/c1-11(2)14(22)3-4-18(28)16-8-12-7-15(12)27(16)19(29)10-26-17-9-24-6-5-13(17)20(25-26)21(23)30/h5-6,9,12,15-16H,3-4,7-8,10H2,1-2H3,(H2,23,30)/t12-,15-,16+/m1/s1. The van der Waals surface area contributed by atoms with E-state index in [0.29, 0.717) is 28.8 Å². The van der Waals surface area contributed by atoms with E-state index in [-0.39, 0.29) is 48.6 Å². The van der Waals surface area contributed by atoms with Crippen molar-refractivity contribution < 1.29 is 18.8 Å². The quantitative estimate of drug-likeness (QED) is 0.747. The highest BCUT2D eigenvalue weighted by Gasteiger charge is 2.55. The highest BCUT2D eigenvalue weighted by molar-refractivity contribution is 6.04. The summed E-state index contributed by atoms with van der Waals surface area (Å²) in [6.07, 6.45) is 4.69. The van der Waals surface area contributed by atoms with E-state index in [1.807, 2.05) is 0 Å². The number of halogens is 1. The number of nitrogens with zero attached hydrogens (tertiary/aromatic N) is 4. The fraction of sp³-hybridized carbons (Fsp3) is 0.476. The van der Waals surface area contributed by atoms with Gasteiger partial charge in [-0.25, -0.2) is 4.39 Å². The second-order valence-corrected chi connectivity index (χ2v) is 8.25. The molecule has 2 aromatic heterocycles. The Morgan fingerprint density at radius 3 is 2.70 bits per heavy atom. The molecule has 0 radical (unpaired) electrons. The summed E-state index contributed by atoms with van der Waals surface area (Å²) in [7, 11) is 0. The number of carbonyl (C=O) groups is 3. The van der Waals surface area contributed by atoms with Crippen LogP contribution in [0.15, 0.2) is 29.9 Å². The van der Waals surface area contributed by atoms with Gasteiger partial charge >= 0.3 is 0 Å². The van der Waals surface area contributed by atoms with Crippen LogP contribution in [0.25, 0.3) is 10.9 Å². The van der Waals surface area contributed by atoms with Crippen molar-refractivity contribution in [1.29, 1.82) is 0 Å². The number of nitrogens with two attached hydrogens (primary N) is 1. The van der Waals surface area contributed by atoms with Crippen molar-refractivity contribution in [2.24, 2.45) is 11.7 Å². The second kappa shape index (κ2) is 7.62. The highest BCUT2D eigenvalue weighted by atomic mass is 19.1. The number of primary amides is 1. The van der Waals surface area contributed by atoms with E-state index in [0.717, 1.165) is 6.42 Å². The third kappa shape index (κ3) is 3.59. The number of hydrogen-bond acceptors (Lipinski definition) is 5. The molecule has 8 nitrogen and oxygen atoms in total. The number of hydrogen-bond donors (Lipinski definition) is 1. The topological polar surface area (TPSA) is 111 Å². The molecule has 1 saturated heterocycles. The number of ketones is 1. The van der Waals surface area contributed by atoms with Crippen LogP contribution < -0.4 is 5.73 Å². The van der Waals surface area contributed by atoms with Crippen LogP contribution >= 0.6 is 0 Å². The Kier molecular flexibility index (Phi) is 5.13. The van der Waals surface area contributed by atoms with Crippen LogP contribution in [-0.2, 0) is 16.1 Å². The number of carbonyl (C=O) groups excluding carboxylic acids is 3. The third-order valence-electron chi connectivity index (χ3n) is 5.97. The average Bonchev–Trinajstić information content (AvgIpc) is 3.21. The average molecular weight is 413 g/mol. The van der Waals surface area contributed by atoms with Gasteiger partial charge in [-0.05, 0) is 44.2 Å². The largest absolute Gasteiger partial charge is 0.364 e. The summed E-state index contributed by atoms with van der Waals surface area (Å²) in [5, 5.41) is 4.73. The van der Waals surface area contributed by atoms with Crippen molar-refractivity contribution in [2.75, 3.05) is 0 Å². The maximum absolute atomic E-state index is 13.8. The van der Waals surface area contributed by atoms with E-state index in [9.17, 15) is 18.8 Å². The minimum atomic E-state index is -0.685. The molecule has 0 aromatic carbocycles. The molecule has 3 atom stereocenters. The highest BCUT2D eigenvalue weighted by Crippen LogP contribution is 2.48. The predicted molar refractivity (Wildman–Crippen MR) is 107 cm³/mol. The predicted octanol–water partition coefficient (Wildman–Crippen LogP) is 2.13. The molecule has 1 aliphatic heterocycles. The summed E-state index contributed by atoms with van der Waals surface area (Å²) in [6, 6.07) is 1.15. The van der Waals surface area contributed by atoms with E-state index >= 15 is 0 Å². The van der Waals surface area contributed by atoms with Gasteiger partial charge in [0.1, 0.15) is 6.54 Å². The molecular formula is C21H24FN5O3. The van der Waals surface area contributed by atoms with Crippen LogP contribution in [0.1, 0.15) is 50.0 Å². The maximum atomic E-state index is 13.8. The van der Waals surface area contributed by atoms with E-state index in [4.69, 9.17) is 5.73 Å². The van der Waals surface area contributed by atoms with Gasteiger partial charge in [0.25, 0.3) is 5.91 Å². The lowest BCUT2D eigenvalue weighted by Gasteiger charge is -2.26. The van der Waals surface area contributed by atoms with Crippen LogP contribution in [0.4, 0.5) is 4.39 Å². The Morgan fingerprint density at radius 2 is 2.00 bits per heavy atom. The van der Waals surface area contributed by atoms with E-state index < -0.39 is 11.9 Å². The van der Waals surface area contributed by atoms with Crippen molar-refractivity contribution in [1.82, 2.24) is 19.7 Å². The van der Waals surface area contributed by atoms with Gasteiger partial charge in [-0.3, -0.25) is 24.0 Å². The molecule has 0 unspecified atom stereocenters. The summed E-state index contributed by atoms with van der Waals surface area (Å²) in [5.74, 6) is -0.996. The molecule has 2 fully saturated rings. The molecule has 4 rings (SSSR count). The second-order valence-electron chi connectivity index (χ2n) is 8.25. The fourth-order valence-electron chi connectivity index (χ4n) is 4.28. The van der Waals surface area contributed by atoms with E-state index in [2.05, 4.69) is 10.1 Å². The van der Waals surface area contributed by atoms with Gasteiger partial charge in [0.2, 0.25) is 5.91 Å². The number of amides is 2. The van der Waals surface area contributed by atoms with Gasteiger partial charge in [0.05, 0.1) is 23.6 Å². The number of rotatable bonds is 7. The lowest BCUT2D eigenvalue weighted by Crippen LogP contribution is -2.44. The molecule has 2 N–H and O–H groups in total. The number of pyridine rings is 1. The SMILES string of the molecule is CC(C)=C(F)CCC(=O)[C@@H]1C[C@H]2C[C@H]2N1C(=O)Cn1nc(C(N)=O)c2ccncc21. The summed E-state index contributed by atoms with van der Waals surface area (Å²) in [4.78, 5) is 43.2. The molecule has 1 saturated carbocycles. The van der Waals surface area contributed by atoms with Crippen LogP contribution in [0.3, 0.4) is 0 Å². The fourth-order valence-corrected chi connectivity index (χ4v) is 4.28. The van der Waals surface area contributed by atoms with Gasteiger partial charge in [-0.2, -0.15) is 5.10 Å². The number of likely N-dealkylation sites (tertiary alicyclic amines) is 1. The Bertz CT molecular complexity index is 1070. The summed E-state index contributed by atoms with van der Waals surface area (Å²) in [6.45, 7) is 3.22. The van der Waals surface area contributed by atoms with Gasteiger partial charge < -0.3 is 10.6 Å². The lowest BCUT2D eigenvalue weighted by atomic mass is 10.0. The molecule has 2 amide bonds.